The molecule has 0 aromatic heterocycles. The molecule has 7 nitrogen and oxygen atoms in total. The summed E-state index contributed by atoms with van der Waals surface area (Å²) in [4.78, 5) is 34.8. The van der Waals surface area contributed by atoms with Gasteiger partial charge in [-0.25, -0.2) is 4.79 Å². The van der Waals surface area contributed by atoms with Crippen molar-refractivity contribution in [2.75, 3.05) is 6.54 Å². The van der Waals surface area contributed by atoms with Crippen LogP contribution in [-0.2, 0) is 16.0 Å². The number of hydrogen-bond acceptors (Lipinski definition) is 4. The largest absolute Gasteiger partial charge is 0.480 e. The van der Waals surface area contributed by atoms with Crippen molar-refractivity contribution >= 4 is 17.6 Å². The third-order valence-corrected chi connectivity index (χ3v) is 3.39. The zero-order chi connectivity index (χ0) is 14.7. The molecule has 1 heterocycles. The third-order valence-electron chi connectivity index (χ3n) is 3.39. The topological polar surface area (TPSA) is 101 Å². The van der Waals surface area contributed by atoms with Crippen LogP contribution in [0.4, 0.5) is 5.69 Å². The predicted molar refractivity (Wildman–Crippen MR) is 69.2 cm³/mol. The molecule has 0 bridgehead atoms. The first-order chi connectivity index (χ1) is 9.50. The Hall–Kier alpha value is -2.44. The molecule has 0 unspecified atom stereocenters. The number of carboxylic acid groups (broad SMARTS) is 1. The predicted octanol–water partition coefficient (Wildman–Crippen LogP) is 1.21. The van der Waals surface area contributed by atoms with Crippen LogP contribution in [0.1, 0.15) is 18.4 Å². The van der Waals surface area contributed by atoms with Crippen molar-refractivity contribution < 1.29 is 19.6 Å². The van der Waals surface area contributed by atoms with Gasteiger partial charge in [-0.2, -0.15) is 0 Å². The maximum atomic E-state index is 12.1. The first kappa shape index (κ1) is 14.0. The minimum Gasteiger partial charge on any atom is -0.480 e. The summed E-state index contributed by atoms with van der Waals surface area (Å²) in [5.41, 5.74) is 0.186. The molecule has 1 aliphatic rings. The molecule has 1 aromatic carbocycles. The van der Waals surface area contributed by atoms with E-state index in [1.54, 1.807) is 6.07 Å². The molecule has 2 rings (SSSR count). The normalized spacial score (nSPS) is 18.0. The van der Waals surface area contributed by atoms with Crippen LogP contribution in [0.2, 0.25) is 0 Å². The Morgan fingerprint density at radius 2 is 2.10 bits per heavy atom. The van der Waals surface area contributed by atoms with E-state index in [1.807, 2.05) is 0 Å². The smallest absolute Gasteiger partial charge is 0.326 e. The van der Waals surface area contributed by atoms with Crippen molar-refractivity contribution in [1.29, 1.82) is 0 Å². The SMILES string of the molecule is O=C(O)[C@H]1CCCN1C(=O)Cc1ccccc1[N+](=O)[O-]. The lowest BCUT2D eigenvalue weighted by atomic mass is 10.1. The number of carbonyl (C=O) groups is 2. The summed E-state index contributed by atoms with van der Waals surface area (Å²) >= 11 is 0. The average Bonchev–Trinajstić information content (AvgIpc) is 2.88. The Kier molecular flexibility index (Phi) is 3.97. The van der Waals surface area contributed by atoms with Gasteiger partial charge in [0.05, 0.1) is 11.3 Å². The molecule has 20 heavy (non-hydrogen) atoms. The van der Waals surface area contributed by atoms with Gasteiger partial charge in [0.25, 0.3) is 5.69 Å². The number of carbonyl (C=O) groups excluding carboxylic acids is 1. The van der Waals surface area contributed by atoms with Crippen LogP contribution in [0.5, 0.6) is 0 Å². The molecule has 0 spiro atoms. The van der Waals surface area contributed by atoms with E-state index in [9.17, 15) is 19.7 Å². The second-order valence-electron chi connectivity index (χ2n) is 4.65. The van der Waals surface area contributed by atoms with Gasteiger partial charge in [-0.1, -0.05) is 18.2 Å². The molecule has 106 valence electrons. The summed E-state index contributed by atoms with van der Waals surface area (Å²) in [6, 6.07) is 5.18. The summed E-state index contributed by atoms with van der Waals surface area (Å²) in [5.74, 6) is -1.41. The van der Waals surface area contributed by atoms with E-state index >= 15 is 0 Å². The second kappa shape index (κ2) is 5.68. The number of amides is 1. The lowest BCUT2D eigenvalue weighted by Crippen LogP contribution is -2.41. The summed E-state index contributed by atoms with van der Waals surface area (Å²) < 4.78 is 0. The Balaban J connectivity index is 2.16. The van der Waals surface area contributed by atoms with Gasteiger partial charge in [0.15, 0.2) is 0 Å². The summed E-state index contributed by atoms with van der Waals surface area (Å²) in [5, 5.41) is 19.9. The van der Waals surface area contributed by atoms with Gasteiger partial charge in [0.2, 0.25) is 5.91 Å². The van der Waals surface area contributed by atoms with E-state index in [0.29, 0.717) is 24.9 Å². The Labute approximate surface area is 115 Å². The lowest BCUT2D eigenvalue weighted by Gasteiger charge is -2.21. The molecule has 1 aliphatic heterocycles. The number of para-hydroxylation sites is 1. The molecular formula is C13H14N2O5. The van der Waals surface area contributed by atoms with Crippen LogP contribution >= 0.6 is 0 Å². The first-order valence-corrected chi connectivity index (χ1v) is 6.25. The molecule has 1 fully saturated rings. The van der Waals surface area contributed by atoms with E-state index in [1.165, 1.54) is 23.1 Å². The number of carboxylic acids is 1. The number of rotatable bonds is 4. The molecule has 1 atom stereocenters. The van der Waals surface area contributed by atoms with Gasteiger partial charge in [0.1, 0.15) is 6.04 Å². The van der Waals surface area contributed by atoms with Gasteiger partial charge in [-0.15, -0.1) is 0 Å². The van der Waals surface area contributed by atoms with E-state index in [-0.39, 0.29) is 18.0 Å². The zero-order valence-electron chi connectivity index (χ0n) is 10.7. The van der Waals surface area contributed by atoms with Crippen LogP contribution in [0.15, 0.2) is 24.3 Å². The fourth-order valence-corrected chi connectivity index (χ4v) is 2.42. The van der Waals surface area contributed by atoms with Gasteiger partial charge in [0, 0.05) is 18.2 Å². The minimum atomic E-state index is -1.03. The number of nitro groups is 1. The average molecular weight is 278 g/mol. The highest BCUT2D eigenvalue weighted by molar-refractivity contribution is 5.86. The van der Waals surface area contributed by atoms with Crippen LogP contribution in [0, 0.1) is 10.1 Å². The molecule has 0 aliphatic carbocycles. The monoisotopic (exact) mass is 278 g/mol. The summed E-state index contributed by atoms with van der Waals surface area (Å²) in [7, 11) is 0. The summed E-state index contributed by atoms with van der Waals surface area (Å²) in [6.45, 7) is 0.385. The highest BCUT2D eigenvalue weighted by Gasteiger charge is 2.34. The van der Waals surface area contributed by atoms with Crippen molar-refractivity contribution in [3.63, 3.8) is 0 Å². The zero-order valence-corrected chi connectivity index (χ0v) is 10.7. The van der Waals surface area contributed by atoms with Gasteiger partial charge < -0.3 is 10.0 Å². The van der Waals surface area contributed by atoms with Gasteiger partial charge in [-0.3, -0.25) is 14.9 Å². The maximum absolute atomic E-state index is 12.1. The molecule has 1 aromatic rings. The second-order valence-corrected chi connectivity index (χ2v) is 4.65. The van der Waals surface area contributed by atoms with Crippen molar-refractivity contribution in [2.24, 2.45) is 0 Å². The number of likely N-dealkylation sites (tertiary alicyclic amines) is 1. The minimum absolute atomic E-state index is 0.119. The number of aliphatic carboxylic acids is 1. The third kappa shape index (κ3) is 2.76. The van der Waals surface area contributed by atoms with Crippen LogP contribution in [0.3, 0.4) is 0 Å². The van der Waals surface area contributed by atoms with Crippen LogP contribution < -0.4 is 0 Å². The van der Waals surface area contributed by atoms with Crippen molar-refractivity contribution in [2.45, 2.75) is 25.3 Å². The van der Waals surface area contributed by atoms with Crippen molar-refractivity contribution in [3.05, 3.63) is 39.9 Å². The molecule has 0 radical (unpaired) electrons. The first-order valence-electron chi connectivity index (χ1n) is 6.25. The van der Waals surface area contributed by atoms with E-state index in [2.05, 4.69) is 0 Å². The lowest BCUT2D eigenvalue weighted by molar-refractivity contribution is -0.385. The molecule has 7 heteroatoms. The Bertz CT molecular complexity index is 557. The fourth-order valence-electron chi connectivity index (χ4n) is 2.42. The van der Waals surface area contributed by atoms with E-state index in [0.717, 1.165) is 0 Å². The van der Waals surface area contributed by atoms with E-state index < -0.39 is 16.9 Å². The standard InChI is InChI=1S/C13H14N2O5/c16-12(14-7-3-6-11(14)13(17)18)8-9-4-1-2-5-10(9)15(19)20/h1-2,4-5,11H,3,6-8H2,(H,17,18)/t11-/m1/s1. The summed E-state index contributed by atoms with van der Waals surface area (Å²) in [6.07, 6.45) is 0.915. The highest BCUT2D eigenvalue weighted by atomic mass is 16.6. The molecule has 1 amide bonds. The van der Waals surface area contributed by atoms with Crippen LogP contribution in [-0.4, -0.2) is 39.4 Å². The molecular weight excluding hydrogens is 264 g/mol. The molecule has 1 N–H and O–H groups in total. The van der Waals surface area contributed by atoms with Gasteiger partial charge in [-0.05, 0) is 12.8 Å². The van der Waals surface area contributed by atoms with Crippen molar-refractivity contribution in [3.8, 4) is 0 Å². The number of hydrogen-bond donors (Lipinski definition) is 1. The number of benzene rings is 1. The Morgan fingerprint density at radius 1 is 1.40 bits per heavy atom. The van der Waals surface area contributed by atoms with Crippen LogP contribution in [0.25, 0.3) is 0 Å². The highest BCUT2D eigenvalue weighted by Crippen LogP contribution is 2.22. The van der Waals surface area contributed by atoms with Gasteiger partial charge >= 0.3 is 5.97 Å². The quantitative estimate of drug-likeness (QED) is 0.659. The molecule has 1 saturated heterocycles. The van der Waals surface area contributed by atoms with E-state index in [4.69, 9.17) is 5.11 Å². The van der Waals surface area contributed by atoms with Crippen molar-refractivity contribution in [1.82, 2.24) is 4.90 Å². The number of nitro benzene ring substituents is 1. The fraction of sp³-hybridized carbons (Fsp3) is 0.385. The maximum Gasteiger partial charge on any atom is 0.326 e. The number of nitrogens with zero attached hydrogens (tertiary/aromatic N) is 2. The molecule has 0 saturated carbocycles. The Morgan fingerprint density at radius 3 is 2.75 bits per heavy atom.